The molecule has 0 spiro atoms. The van der Waals surface area contributed by atoms with Gasteiger partial charge >= 0.3 is 0 Å². The molecule has 0 saturated carbocycles. The van der Waals surface area contributed by atoms with Gasteiger partial charge in [-0.2, -0.15) is 0 Å². The highest BCUT2D eigenvalue weighted by Crippen LogP contribution is 2.28. The van der Waals surface area contributed by atoms with Crippen molar-refractivity contribution in [3.8, 4) is 0 Å². The Morgan fingerprint density at radius 3 is 2.91 bits per heavy atom. The van der Waals surface area contributed by atoms with Gasteiger partial charge in [0.1, 0.15) is 5.84 Å². The average Bonchev–Trinajstić information content (AvgIpc) is 2.58. The molecule has 0 fully saturated rings. The number of fused-ring (bicyclic) bond motifs is 1. The third-order valence-corrected chi connectivity index (χ3v) is 4.24. The highest BCUT2D eigenvalue weighted by atomic mass is 32.2. The molecule has 1 heterocycles. The minimum Gasteiger partial charge on any atom is -0.376 e. The number of nitrogens with zero attached hydrogens (tertiary/aromatic N) is 2. The van der Waals surface area contributed by atoms with E-state index in [9.17, 15) is 4.79 Å². The molecule has 0 saturated heterocycles. The Hall–Kier alpha value is -2.02. The van der Waals surface area contributed by atoms with Crippen LogP contribution in [0.15, 0.2) is 28.2 Å². The smallest absolute Gasteiger partial charge is 0.253 e. The van der Waals surface area contributed by atoms with Crippen LogP contribution in [0, 0.1) is 0 Å². The number of amidine groups is 1. The number of para-hydroxylation sites is 1. The van der Waals surface area contributed by atoms with Gasteiger partial charge in [-0.15, -0.1) is 11.8 Å². The summed E-state index contributed by atoms with van der Waals surface area (Å²) in [5, 5.41) is 10.4. The molecule has 1 amide bonds. The fourth-order valence-electron chi connectivity index (χ4n) is 2.27. The van der Waals surface area contributed by atoms with Crippen molar-refractivity contribution >= 4 is 39.9 Å². The van der Waals surface area contributed by atoms with E-state index >= 15 is 0 Å². The Morgan fingerprint density at radius 1 is 1.39 bits per heavy atom. The fourth-order valence-corrected chi connectivity index (χ4v) is 3.00. The second kappa shape index (κ2) is 8.57. The van der Waals surface area contributed by atoms with E-state index in [0.29, 0.717) is 18.7 Å². The normalized spacial score (nSPS) is 15.6. The quantitative estimate of drug-likeness (QED) is 0.571. The highest BCUT2D eigenvalue weighted by Gasteiger charge is 2.19. The first-order valence-electron chi connectivity index (χ1n) is 7.73. The second-order valence-corrected chi connectivity index (χ2v) is 6.20. The van der Waals surface area contributed by atoms with Crippen LogP contribution in [0.2, 0.25) is 0 Å². The molecule has 1 aromatic rings. The van der Waals surface area contributed by atoms with Crippen LogP contribution in [0.1, 0.15) is 24.2 Å². The lowest BCUT2D eigenvalue weighted by atomic mass is 10.1. The van der Waals surface area contributed by atoms with Gasteiger partial charge in [0.2, 0.25) is 0 Å². The van der Waals surface area contributed by atoms with E-state index in [1.54, 1.807) is 18.8 Å². The standard InChI is InChI=1S/C16H23N5OS/c1-4-18-14(23-5-2)10-20-16(22)11-7-6-8-12-15(11)21-13(17-3)9-19-12/h6-8,19H,4-5,9-10H2,1-3H3,(H,17,21)(H,20,22). The number of aliphatic imine (C=N–C) groups is 2. The topological polar surface area (TPSA) is 77.9 Å². The number of carbonyl (C=O) groups is 1. The maximum atomic E-state index is 12.5. The molecule has 6 nitrogen and oxygen atoms in total. The van der Waals surface area contributed by atoms with E-state index in [1.165, 1.54) is 0 Å². The third kappa shape index (κ3) is 4.48. The van der Waals surface area contributed by atoms with Gasteiger partial charge in [0, 0.05) is 13.6 Å². The molecule has 2 rings (SSSR count). The Morgan fingerprint density at radius 2 is 2.22 bits per heavy atom. The first-order chi connectivity index (χ1) is 11.2. The molecule has 0 unspecified atom stereocenters. The number of nitrogens with one attached hydrogen (secondary N) is 3. The molecule has 1 aliphatic heterocycles. The fraction of sp³-hybridized carbons (Fsp3) is 0.438. The molecule has 1 aliphatic rings. The lowest BCUT2D eigenvalue weighted by molar-refractivity contribution is 0.0960. The second-order valence-electron chi connectivity index (χ2n) is 4.86. The maximum absolute atomic E-state index is 12.5. The van der Waals surface area contributed by atoms with E-state index in [4.69, 9.17) is 0 Å². The van der Waals surface area contributed by atoms with Gasteiger partial charge in [0.15, 0.2) is 0 Å². The van der Waals surface area contributed by atoms with Crippen LogP contribution in [-0.2, 0) is 0 Å². The summed E-state index contributed by atoms with van der Waals surface area (Å²) in [4.78, 5) is 21.1. The zero-order chi connectivity index (χ0) is 16.7. The van der Waals surface area contributed by atoms with Crippen LogP contribution in [-0.4, -0.2) is 49.2 Å². The van der Waals surface area contributed by atoms with E-state index in [1.807, 2.05) is 25.1 Å². The number of amides is 1. The van der Waals surface area contributed by atoms with Crippen molar-refractivity contribution in [3.63, 3.8) is 0 Å². The predicted molar refractivity (Wildman–Crippen MR) is 100 cm³/mol. The van der Waals surface area contributed by atoms with Crippen molar-refractivity contribution in [1.29, 1.82) is 0 Å². The molecule has 7 heteroatoms. The first kappa shape index (κ1) is 17.3. The van der Waals surface area contributed by atoms with Gasteiger partial charge in [0.25, 0.3) is 5.91 Å². The van der Waals surface area contributed by atoms with Crippen molar-refractivity contribution in [2.45, 2.75) is 13.8 Å². The molecule has 0 radical (unpaired) electrons. The number of rotatable bonds is 5. The molecule has 23 heavy (non-hydrogen) atoms. The maximum Gasteiger partial charge on any atom is 0.253 e. The minimum absolute atomic E-state index is 0.117. The van der Waals surface area contributed by atoms with Crippen molar-refractivity contribution in [1.82, 2.24) is 5.32 Å². The lowest BCUT2D eigenvalue weighted by Gasteiger charge is -2.23. The summed E-state index contributed by atoms with van der Waals surface area (Å²) >= 11 is 1.66. The monoisotopic (exact) mass is 333 g/mol. The van der Waals surface area contributed by atoms with Crippen LogP contribution in [0.25, 0.3) is 0 Å². The Kier molecular flexibility index (Phi) is 6.46. The SMILES string of the molecule is CCN=C(CNC(=O)c1cccc2c1NC(=NC)CN2)SCC. The van der Waals surface area contributed by atoms with Gasteiger partial charge in [0.05, 0.1) is 35.1 Å². The summed E-state index contributed by atoms with van der Waals surface area (Å²) in [6.45, 7) is 5.88. The largest absolute Gasteiger partial charge is 0.376 e. The van der Waals surface area contributed by atoms with Crippen molar-refractivity contribution in [3.05, 3.63) is 23.8 Å². The van der Waals surface area contributed by atoms with Gasteiger partial charge < -0.3 is 16.0 Å². The summed E-state index contributed by atoms with van der Waals surface area (Å²) < 4.78 is 0. The van der Waals surface area contributed by atoms with Crippen molar-refractivity contribution in [2.75, 3.05) is 43.1 Å². The summed E-state index contributed by atoms with van der Waals surface area (Å²) in [6.07, 6.45) is 0. The lowest BCUT2D eigenvalue weighted by Crippen LogP contribution is -2.33. The Labute approximate surface area is 141 Å². The zero-order valence-electron chi connectivity index (χ0n) is 13.8. The molecule has 0 aromatic heterocycles. The summed E-state index contributed by atoms with van der Waals surface area (Å²) in [7, 11) is 1.73. The van der Waals surface area contributed by atoms with E-state index in [2.05, 4.69) is 32.9 Å². The Bertz CT molecular complexity index is 627. The van der Waals surface area contributed by atoms with Gasteiger partial charge in [-0.25, -0.2) is 0 Å². The molecule has 3 N–H and O–H groups in total. The van der Waals surface area contributed by atoms with Crippen LogP contribution in [0.5, 0.6) is 0 Å². The first-order valence-corrected chi connectivity index (χ1v) is 8.72. The van der Waals surface area contributed by atoms with Gasteiger partial charge in [-0.3, -0.25) is 14.8 Å². The summed E-state index contributed by atoms with van der Waals surface area (Å²) in [5.41, 5.74) is 2.29. The minimum atomic E-state index is -0.117. The number of hydrogen-bond donors (Lipinski definition) is 3. The van der Waals surface area contributed by atoms with Gasteiger partial charge in [-0.1, -0.05) is 13.0 Å². The zero-order valence-corrected chi connectivity index (χ0v) is 14.6. The van der Waals surface area contributed by atoms with Crippen LogP contribution >= 0.6 is 11.8 Å². The Balaban J connectivity index is 2.13. The van der Waals surface area contributed by atoms with E-state index in [-0.39, 0.29) is 5.91 Å². The van der Waals surface area contributed by atoms with Crippen LogP contribution in [0.4, 0.5) is 11.4 Å². The highest BCUT2D eigenvalue weighted by molar-refractivity contribution is 8.14. The summed E-state index contributed by atoms with van der Waals surface area (Å²) in [5.74, 6) is 1.64. The van der Waals surface area contributed by atoms with Crippen molar-refractivity contribution in [2.24, 2.45) is 9.98 Å². The van der Waals surface area contributed by atoms with E-state index < -0.39 is 0 Å². The molecule has 0 bridgehead atoms. The van der Waals surface area contributed by atoms with Crippen LogP contribution in [0.3, 0.4) is 0 Å². The number of carbonyl (C=O) groups excluding carboxylic acids is 1. The molecular formula is C16H23N5OS. The number of anilines is 2. The molecule has 0 atom stereocenters. The van der Waals surface area contributed by atoms with E-state index in [0.717, 1.165) is 34.6 Å². The molecule has 1 aromatic carbocycles. The molecule has 0 aliphatic carbocycles. The van der Waals surface area contributed by atoms with Crippen LogP contribution < -0.4 is 16.0 Å². The molecule has 124 valence electrons. The van der Waals surface area contributed by atoms with Gasteiger partial charge in [-0.05, 0) is 24.8 Å². The number of thioether (sulfide) groups is 1. The summed E-state index contributed by atoms with van der Waals surface area (Å²) in [6, 6.07) is 5.63. The number of hydrogen-bond acceptors (Lipinski definition) is 5. The number of benzene rings is 1. The average molecular weight is 333 g/mol. The molecular weight excluding hydrogens is 310 g/mol. The predicted octanol–water partition coefficient (Wildman–Crippen LogP) is 2.45. The van der Waals surface area contributed by atoms with Crippen molar-refractivity contribution < 1.29 is 4.79 Å². The third-order valence-electron chi connectivity index (χ3n) is 3.34.